The van der Waals surface area contributed by atoms with Crippen LogP contribution in [0.4, 0.5) is 0 Å². The molecular formula is C8H13BrN2O2S2. The van der Waals surface area contributed by atoms with Crippen molar-refractivity contribution in [3.05, 3.63) is 15.9 Å². The van der Waals surface area contributed by atoms with E-state index in [1.807, 2.05) is 6.92 Å². The largest absolute Gasteiger partial charge is 0.330 e. The molecule has 0 radical (unpaired) electrons. The fraction of sp³-hybridized carbons (Fsp3) is 0.500. The summed E-state index contributed by atoms with van der Waals surface area (Å²) in [5.41, 5.74) is 5.40. The van der Waals surface area contributed by atoms with Gasteiger partial charge >= 0.3 is 0 Å². The summed E-state index contributed by atoms with van der Waals surface area (Å²) in [6, 6.07) is 3.29. The molecule has 1 atom stereocenters. The van der Waals surface area contributed by atoms with E-state index in [-0.39, 0.29) is 5.92 Å². The van der Waals surface area contributed by atoms with Crippen LogP contribution in [0.3, 0.4) is 0 Å². The maximum atomic E-state index is 11.7. The molecule has 0 aliphatic carbocycles. The number of hydrogen-bond acceptors (Lipinski definition) is 4. The van der Waals surface area contributed by atoms with Crippen LogP contribution in [0.25, 0.3) is 0 Å². The molecule has 1 unspecified atom stereocenters. The Balaban J connectivity index is 2.68. The zero-order valence-electron chi connectivity index (χ0n) is 8.23. The van der Waals surface area contributed by atoms with Crippen molar-refractivity contribution in [1.29, 1.82) is 0 Å². The monoisotopic (exact) mass is 312 g/mol. The third kappa shape index (κ3) is 3.84. The number of halogens is 1. The number of thiophene rings is 1. The van der Waals surface area contributed by atoms with Gasteiger partial charge in [-0.2, -0.15) is 0 Å². The lowest BCUT2D eigenvalue weighted by molar-refractivity contribution is 0.546. The summed E-state index contributed by atoms with van der Waals surface area (Å²) in [5.74, 6) is 0.142. The fourth-order valence-corrected chi connectivity index (χ4v) is 4.07. The van der Waals surface area contributed by atoms with Gasteiger partial charge in [0.1, 0.15) is 4.21 Å². The predicted molar refractivity (Wildman–Crippen MR) is 65.4 cm³/mol. The van der Waals surface area contributed by atoms with Gasteiger partial charge in [0.15, 0.2) is 0 Å². The average Bonchev–Trinajstić information content (AvgIpc) is 2.62. The molecule has 1 aromatic rings. The van der Waals surface area contributed by atoms with Gasteiger partial charge in [-0.1, -0.05) is 6.92 Å². The zero-order valence-corrected chi connectivity index (χ0v) is 11.5. The molecule has 86 valence electrons. The Kier molecular flexibility index (Phi) is 4.72. The van der Waals surface area contributed by atoms with Crippen LogP contribution in [0.1, 0.15) is 6.92 Å². The molecule has 0 bridgehead atoms. The normalized spacial score (nSPS) is 14.1. The maximum absolute atomic E-state index is 11.7. The van der Waals surface area contributed by atoms with Gasteiger partial charge in [0.2, 0.25) is 10.0 Å². The molecule has 1 heterocycles. The van der Waals surface area contributed by atoms with E-state index in [2.05, 4.69) is 20.7 Å². The van der Waals surface area contributed by atoms with Gasteiger partial charge in [0.05, 0.1) is 3.79 Å². The third-order valence-corrected chi connectivity index (χ3v) is 5.38. The van der Waals surface area contributed by atoms with Crippen LogP contribution >= 0.6 is 27.3 Å². The Bertz CT molecular complexity index is 416. The van der Waals surface area contributed by atoms with Gasteiger partial charge in [-0.25, -0.2) is 13.1 Å². The lowest BCUT2D eigenvalue weighted by Gasteiger charge is -2.09. The molecule has 7 heteroatoms. The van der Waals surface area contributed by atoms with E-state index < -0.39 is 10.0 Å². The molecule has 3 N–H and O–H groups in total. The van der Waals surface area contributed by atoms with E-state index in [1.165, 1.54) is 11.3 Å². The van der Waals surface area contributed by atoms with Gasteiger partial charge in [-0.3, -0.25) is 0 Å². The molecule has 1 rings (SSSR count). The van der Waals surface area contributed by atoms with Crippen molar-refractivity contribution in [3.8, 4) is 0 Å². The summed E-state index contributed by atoms with van der Waals surface area (Å²) < 4.78 is 27.0. The molecule has 0 aromatic carbocycles. The Hall–Kier alpha value is 0.0500. The van der Waals surface area contributed by atoms with Gasteiger partial charge in [0, 0.05) is 6.54 Å². The molecular weight excluding hydrogens is 300 g/mol. The van der Waals surface area contributed by atoms with Gasteiger partial charge in [-0.05, 0) is 40.5 Å². The predicted octanol–water partition coefficient (Wildman–Crippen LogP) is 1.38. The number of nitrogens with one attached hydrogen (secondary N) is 1. The van der Waals surface area contributed by atoms with E-state index in [1.54, 1.807) is 12.1 Å². The molecule has 0 amide bonds. The second-order valence-corrected chi connectivity index (χ2v) is 7.71. The topological polar surface area (TPSA) is 72.2 Å². The van der Waals surface area contributed by atoms with Crippen LogP contribution in [0.5, 0.6) is 0 Å². The SMILES string of the molecule is CC(CN)CNS(=O)(=O)c1ccc(Br)s1. The Morgan fingerprint density at radius 3 is 2.73 bits per heavy atom. The van der Waals surface area contributed by atoms with Crippen molar-refractivity contribution in [1.82, 2.24) is 4.72 Å². The standard InChI is InChI=1S/C8H13BrN2O2S2/c1-6(4-10)5-11-15(12,13)8-3-2-7(9)14-8/h2-3,6,11H,4-5,10H2,1H3. The molecule has 0 saturated carbocycles. The lowest BCUT2D eigenvalue weighted by atomic mass is 10.2. The maximum Gasteiger partial charge on any atom is 0.250 e. The molecule has 0 fully saturated rings. The first kappa shape index (κ1) is 13.1. The lowest BCUT2D eigenvalue weighted by Crippen LogP contribution is -2.30. The molecule has 4 nitrogen and oxygen atoms in total. The fourth-order valence-electron chi connectivity index (χ4n) is 0.849. The Morgan fingerprint density at radius 1 is 1.60 bits per heavy atom. The van der Waals surface area contributed by atoms with E-state index in [0.29, 0.717) is 17.3 Å². The smallest absolute Gasteiger partial charge is 0.250 e. The minimum atomic E-state index is -3.36. The summed E-state index contributed by atoms with van der Waals surface area (Å²) in [7, 11) is -3.36. The third-order valence-electron chi connectivity index (χ3n) is 1.84. The molecule has 15 heavy (non-hydrogen) atoms. The highest BCUT2D eigenvalue weighted by atomic mass is 79.9. The van der Waals surface area contributed by atoms with E-state index in [9.17, 15) is 8.42 Å². The zero-order chi connectivity index (χ0) is 11.5. The number of hydrogen-bond donors (Lipinski definition) is 2. The Morgan fingerprint density at radius 2 is 2.27 bits per heavy atom. The first-order valence-electron chi connectivity index (χ1n) is 4.41. The van der Waals surface area contributed by atoms with Gasteiger partial charge < -0.3 is 5.73 Å². The van der Waals surface area contributed by atoms with Crippen LogP contribution in [0.15, 0.2) is 20.1 Å². The van der Waals surface area contributed by atoms with E-state index in [4.69, 9.17) is 5.73 Å². The van der Waals surface area contributed by atoms with E-state index >= 15 is 0 Å². The summed E-state index contributed by atoms with van der Waals surface area (Å²) in [6.07, 6.45) is 0. The van der Waals surface area contributed by atoms with Crippen molar-refractivity contribution in [2.45, 2.75) is 11.1 Å². The average molecular weight is 313 g/mol. The second kappa shape index (κ2) is 5.40. The van der Waals surface area contributed by atoms with Crippen LogP contribution in [0, 0.1) is 5.92 Å². The Labute approximate surface area is 102 Å². The summed E-state index contributed by atoms with van der Waals surface area (Å²) in [5, 5.41) is 0. The van der Waals surface area contributed by atoms with Gasteiger partial charge in [0.25, 0.3) is 0 Å². The molecule has 1 aromatic heterocycles. The van der Waals surface area contributed by atoms with Gasteiger partial charge in [-0.15, -0.1) is 11.3 Å². The highest BCUT2D eigenvalue weighted by molar-refractivity contribution is 9.11. The number of sulfonamides is 1. The summed E-state index contributed by atoms with van der Waals surface area (Å²) in [4.78, 5) is 0. The minimum absolute atomic E-state index is 0.142. The van der Waals surface area contributed by atoms with Crippen molar-refractivity contribution in [3.63, 3.8) is 0 Å². The summed E-state index contributed by atoms with van der Waals surface area (Å²) in [6.45, 7) is 2.73. The van der Waals surface area contributed by atoms with Crippen molar-refractivity contribution in [2.24, 2.45) is 11.7 Å². The summed E-state index contributed by atoms with van der Waals surface area (Å²) >= 11 is 4.41. The molecule has 0 spiro atoms. The molecule has 0 aliphatic rings. The van der Waals surface area contributed by atoms with Crippen molar-refractivity contribution in [2.75, 3.05) is 13.1 Å². The highest BCUT2D eigenvalue weighted by Gasteiger charge is 2.16. The first-order valence-corrected chi connectivity index (χ1v) is 7.50. The van der Waals surface area contributed by atoms with Crippen LogP contribution in [-0.4, -0.2) is 21.5 Å². The second-order valence-electron chi connectivity index (χ2n) is 3.25. The first-order chi connectivity index (χ1) is 6.95. The minimum Gasteiger partial charge on any atom is -0.330 e. The van der Waals surface area contributed by atoms with E-state index in [0.717, 1.165) is 3.79 Å². The van der Waals surface area contributed by atoms with Crippen molar-refractivity contribution < 1.29 is 8.42 Å². The quantitative estimate of drug-likeness (QED) is 0.863. The number of nitrogens with two attached hydrogens (primary N) is 1. The molecule has 0 aliphatic heterocycles. The highest BCUT2D eigenvalue weighted by Crippen LogP contribution is 2.25. The van der Waals surface area contributed by atoms with Crippen molar-refractivity contribution >= 4 is 37.3 Å². The van der Waals surface area contributed by atoms with Crippen LogP contribution in [0.2, 0.25) is 0 Å². The molecule has 0 saturated heterocycles. The number of rotatable bonds is 5. The van der Waals surface area contributed by atoms with Crippen LogP contribution in [-0.2, 0) is 10.0 Å². The van der Waals surface area contributed by atoms with Crippen LogP contribution < -0.4 is 10.5 Å².